The van der Waals surface area contributed by atoms with Crippen molar-refractivity contribution in [1.82, 2.24) is 4.90 Å². The first kappa shape index (κ1) is 17.9. The molecule has 1 heterocycles. The summed E-state index contributed by atoms with van der Waals surface area (Å²) < 4.78 is 5.09. The van der Waals surface area contributed by atoms with Crippen LogP contribution in [0.3, 0.4) is 0 Å². The van der Waals surface area contributed by atoms with Crippen LogP contribution in [0.1, 0.15) is 32.8 Å². The standard InChI is InChI=1S/C18H25NO3S/c1-4-15(12-23-11-14-8-6-5-7-9-14)17(20)19-16(13(2)3)10-22-18(19)21/h5-9,13,15-16H,4,10-12H2,1-3H3/t15-,16-/m1/s1. The van der Waals surface area contributed by atoms with Crippen LogP contribution in [0, 0.1) is 11.8 Å². The van der Waals surface area contributed by atoms with Crippen molar-refractivity contribution in [3.05, 3.63) is 35.9 Å². The highest BCUT2D eigenvalue weighted by atomic mass is 32.2. The SMILES string of the molecule is CC[C@H](CSCc1ccccc1)C(=O)N1C(=O)OC[C@@H]1C(C)C. The maximum atomic E-state index is 12.8. The summed E-state index contributed by atoms with van der Waals surface area (Å²) in [4.78, 5) is 26.0. The number of rotatable bonds is 7. The first-order valence-corrected chi connectivity index (χ1v) is 9.31. The Labute approximate surface area is 142 Å². The fraction of sp³-hybridized carbons (Fsp3) is 0.556. The summed E-state index contributed by atoms with van der Waals surface area (Å²) in [7, 11) is 0. The molecule has 0 N–H and O–H groups in total. The van der Waals surface area contributed by atoms with Crippen LogP contribution in [0.4, 0.5) is 4.79 Å². The Morgan fingerprint density at radius 2 is 2.04 bits per heavy atom. The van der Waals surface area contributed by atoms with Gasteiger partial charge in [0, 0.05) is 17.4 Å². The number of benzene rings is 1. The predicted molar refractivity (Wildman–Crippen MR) is 93.2 cm³/mol. The lowest BCUT2D eigenvalue weighted by atomic mass is 10.0. The molecule has 1 fully saturated rings. The molecule has 0 radical (unpaired) electrons. The number of nitrogens with zero attached hydrogens (tertiary/aromatic N) is 1. The maximum Gasteiger partial charge on any atom is 0.416 e. The molecule has 2 rings (SSSR count). The zero-order valence-corrected chi connectivity index (χ0v) is 14.8. The zero-order valence-electron chi connectivity index (χ0n) is 14.0. The molecule has 1 saturated heterocycles. The van der Waals surface area contributed by atoms with Crippen LogP contribution < -0.4 is 0 Å². The van der Waals surface area contributed by atoms with Crippen molar-refractivity contribution >= 4 is 23.8 Å². The number of ether oxygens (including phenoxy) is 1. The highest BCUT2D eigenvalue weighted by Gasteiger charge is 2.41. The minimum absolute atomic E-state index is 0.0886. The van der Waals surface area contributed by atoms with Crippen molar-refractivity contribution in [2.45, 2.75) is 39.0 Å². The topological polar surface area (TPSA) is 46.6 Å². The van der Waals surface area contributed by atoms with E-state index in [0.717, 1.165) is 17.9 Å². The summed E-state index contributed by atoms with van der Waals surface area (Å²) in [6.45, 7) is 6.34. The summed E-state index contributed by atoms with van der Waals surface area (Å²) in [5.74, 6) is 1.58. The first-order valence-electron chi connectivity index (χ1n) is 8.16. The van der Waals surface area contributed by atoms with E-state index in [9.17, 15) is 9.59 Å². The number of imide groups is 1. The molecule has 2 atom stereocenters. The van der Waals surface area contributed by atoms with Crippen molar-refractivity contribution < 1.29 is 14.3 Å². The van der Waals surface area contributed by atoms with Crippen LogP contribution in [0.15, 0.2) is 30.3 Å². The lowest BCUT2D eigenvalue weighted by molar-refractivity contribution is -0.133. The summed E-state index contributed by atoms with van der Waals surface area (Å²) in [6.07, 6.45) is 0.245. The number of carbonyl (C=O) groups is 2. The number of thioether (sulfide) groups is 1. The van der Waals surface area contributed by atoms with E-state index < -0.39 is 6.09 Å². The fourth-order valence-corrected chi connectivity index (χ4v) is 3.84. The molecule has 126 valence electrons. The number of hydrogen-bond donors (Lipinski definition) is 0. The fourth-order valence-electron chi connectivity index (χ4n) is 2.63. The molecular formula is C18H25NO3S. The molecule has 1 aromatic rings. The third-order valence-corrected chi connectivity index (χ3v) is 5.36. The van der Waals surface area contributed by atoms with Crippen LogP contribution >= 0.6 is 11.8 Å². The van der Waals surface area contributed by atoms with Gasteiger partial charge in [-0.15, -0.1) is 0 Å². The molecule has 0 aromatic heterocycles. The van der Waals surface area contributed by atoms with Crippen molar-refractivity contribution in [3.8, 4) is 0 Å². The molecule has 0 spiro atoms. The number of cyclic esters (lactones) is 1. The third kappa shape index (κ3) is 4.50. The van der Waals surface area contributed by atoms with E-state index in [1.807, 2.05) is 39.0 Å². The van der Waals surface area contributed by atoms with E-state index in [1.165, 1.54) is 10.5 Å². The van der Waals surface area contributed by atoms with Crippen molar-refractivity contribution in [3.63, 3.8) is 0 Å². The average Bonchev–Trinajstić information content (AvgIpc) is 2.94. The first-order chi connectivity index (χ1) is 11.0. The molecule has 5 heteroatoms. The minimum atomic E-state index is -0.486. The lowest BCUT2D eigenvalue weighted by Crippen LogP contribution is -2.45. The Kier molecular flexibility index (Phi) is 6.51. The normalized spacial score (nSPS) is 19.0. The van der Waals surface area contributed by atoms with Crippen LogP contribution in [-0.2, 0) is 15.3 Å². The number of amides is 2. The Morgan fingerprint density at radius 1 is 1.35 bits per heavy atom. The summed E-state index contributed by atoms with van der Waals surface area (Å²) in [5, 5.41) is 0. The molecule has 0 saturated carbocycles. The van der Waals surface area contributed by atoms with Gasteiger partial charge in [-0.3, -0.25) is 4.79 Å². The van der Waals surface area contributed by atoms with Crippen molar-refractivity contribution in [2.75, 3.05) is 12.4 Å². The summed E-state index contributed by atoms with van der Waals surface area (Å²) in [6, 6.07) is 10.1. The third-order valence-electron chi connectivity index (χ3n) is 4.19. The quantitative estimate of drug-likeness (QED) is 0.757. The lowest BCUT2D eigenvalue weighted by Gasteiger charge is -2.26. The molecule has 4 nitrogen and oxygen atoms in total. The molecule has 1 aliphatic rings. The summed E-state index contributed by atoms with van der Waals surface area (Å²) in [5.41, 5.74) is 1.25. The van der Waals surface area contributed by atoms with E-state index in [0.29, 0.717) is 6.61 Å². The number of hydrogen-bond acceptors (Lipinski definition) is 4. The summed E-state index contributed by atoms with van der Waals surface area (Å²) >= 11 is 1.74. The largest absolute Gasteiger partial charge is 0.447 e. The molecule has 0 bridgehead atoms. The highest BCUT2D eigenvalue weighted by Crippen LogP contribution is 2.25. The van der Waals surface area contributed by atoms with Gasteiger partial charge in [-0.25, -0.2) is 9.69 Å². The van der Waals surface area contributed by atoms with E-state index in [1.54, 1.807) is 11.8 Å². The molecule has 2 amide bonds. The molecule has 0 aliphatic carbocycles. The Balaban J connectivity index is 1.94. The molecule has 1 aromatic carbocycles. The van der Waals surface area contributed by atoms with Gasteiger partial charge >= 0.3 is 6.09 Å². The zero-order chi connectivity index (χ0) is 16.8. The number of carbonyl (C=O) groups excluding carboxylic acids is 2. The van der Waals surface area contributed by atoms with Gasteiger partial charge in [0.2, 0.25) is 5.91 Å². The Hall–Kier alpha value is -1.49. The van der Waals surface area contributed by atoms with Crippen molar-refractivity contribution in [2.24, 2.45) is 11.8 Å². The Morgan fingerprint density at radius 3 is 2.65 bits per heavy atom. The van der Waals surface area contributed by atoms with E-state index in [-0.39, 0.29) is 23.8 Å². The van der Waals surface area contributed by atoms with Gasteiger partial charge in [-0.1, -0.05) is 51.1 Å². The molecule has 0 unspecified atom stereocenters. The molecular weight excluding hydrogens is 310 g/mol. The van der Waals surface area contributed by atoms with Gasteiger partial charge in [0.05, 0.1) is 6.04 Å². The smallest absolute Gasteiger partial charge is 0.416 e. The van der Waals surface area contributed by atoms with Gasteiger partial charge in [0.25, 0.3) is 0 Å². The van der Waals surface area contributed by atoms with Crippen LogP contribution in [0.2, 0.25) is 0 Å². The predicted octanol–water partition coefficient (Wildman–Crippen LogP) is 3.95. The van der Waals surface area contributed by atoms with Crippen molar-refractivity contribution in [1.29, 1.82) is 0 Å². The Bertz CT molecular complexity index is 532. The van der Waals surface area contributed by atoms with Gasteiger partial charge in [-0.2, -0.15) is 11.8 Å². The molecule has 23 heavy (non-hydrogen) atoms. The van der Waals surface area contributed by atoms with E-state index in [4.69, 9.17) is 4.74 Å². The van der Waals surface area contributed by atoms with Crippen LogP contribution in [-0.4, -0.2) is 35.3 Å². The average molecular weight is 335 g/mol. The second-order valence-electron chi connectivity index (χ2n) is 6.20. The monoisotopic (exact) mass is 335 g/mol. The second-order valence-corrected chi connectivity index (χ2v) is 7.23. The van der Waals surface area contributed by atoms with Gasteiger partial charge in [0.15, 0.2) is 0 Å². The van der Waals surface area contributed by atoms with Gasteiger partial charge in [0.1, 0.15) is 6.61 Å². The maximum absolute atomic E-state index is 12.8. The second kappa shape index (κ2) is 8.39. The van der Waals surface area contributed by atoms with E-state index >= 15 is 0 Å². The molecule has 1 aliphatic heterocycles. The van der Waals surface area contributed by atoms with E-state index in [2.05, 4.69) is 12.1 Å². The highest BCUT2D eigenvalue weighted by molar-refractivity contribution is 7.98. The van der Waals surface area contributed by atoms with Crippen LogP contribution in [0.5, 0.6) is 0 Å². The van der Waals surface area contributed by atoms with Gasteiger partial charge < -0.3 is 4.74 Å². The van der Waals surface area contributed by atoms with Crippen LogP contribution in [0.25, 0.3) is 0 Å². The van der Waals surface area contributed by atoms with Gasteiger partial charge in [-0.05, 0) is 17.9 Å². The minimum Gasteiger partial charge on any atom is -0.447 e.